The molecule has 0 atom stereocenters. The summed E-state index contributed by atoms with van der Waals surface area (Å²) in [4.78, 5) is 14.1. The van der Waals surface area contributed by atoms with E-state index in [1.54, 1.807) is 6.07 Å². The maximum absolute atomic E-state index is 11.6. The third-order valence-corrected chi connectivity index (χ3v) is 3.96. The second-order valence-corrected chi connectivity index (χ2v) is 5.42. The molecule has 1 aromatic heterocycles. The van der Waals surface area contributed by atoms with Gasteiger partial charge in [-0.05, 0) is 57.5 Å². The Bertz CT molecular complexity index is 440. The van der Waals surface area contributed by atoms with Gasteiger partial charge in [-0.25, -0.2) is 0 Å². The molecule has 0 radical (unpaired) electrons. The molecule has 0 unspecified atom stereocenters. The van der Waals surface area contributed by atoms with Gasteiger partial charge in [-0.1, -0.05) is 6.92 Å². The lowest BCUT2D eigenvalue weighted by Crippen LogP contribution is -2.35. The van der Waals surface area contributed by atoms with Crippen LogP contribution in [0.4, 0.5) is 5.82 Å². The standard InChI is InChI=1S/C15H25N5O/c1-3-16-15(21)13-5-6-14(19-18-13)17-11-12-7-9-20(4-2)10-8-12/h5-6,12H,3-4,7-11H2,1-2H3,(H,16,21)(H,17,19). The number of nitrogens with one attached hydrogen (secondary N) is 2. The fourth-order valence-corrected chi connectivity index (χ4v) is 2.55. The monoisotopic (exact) mass is 291 g/mol. The molecule has 116 valence electrons. The highest BCUT2D eigenvalue weighted by molar-refractivity contribution is 5.92. The molecule has 1 aliphatic rings. The number of carbonyl (C=O) groups excluding carboxylic acids is 1. The van der Waals surface area contributed by atoms with Gasteiger partial charge in [0.25, 0.3) is 5.91 Å². The molecule has 21 heavy (non-hydrogen) atoms. The van der Waals surface area contributed by atoms with Gasteiger partial charge in [-0.15, -0.1) is 10.2 Å². The molecular weight excluding hydrogens is 266 g/mol. The van der Waals surface area contributed by atoms with E-state index in [1.807, 2.05) is 13.0 Å². The number of rotatable bonds is 6. The first kappa shape index (κ1) is 15.7. The minimum Gasteiger partial charge on any atom is -0.368 e. The first-order valence-electron chi connectivity index (χ1n) is 7.81. The minimum absolute atomic E-state index is 0.177. The van der Waals surface area contributed by atoms with E-state index in [4.69, 9.17) is 0 Å². The molecule has 6 heteroatoms. The summed E-state index contributed by atoms with van der Waals surface area (Å²) >= 11 is 0. The molecule has 0 aromatic carbocycles. The second-order valence-electron chi connectivity index (χ2n) is 5.42. The average molecular weight is 291 g/mol. The van der Waals surface area contributed by atoms with Gasteiger partial charge in [-0.3, -0.25) is 4.79 Å². The number of anilines is 1. The van der Waals surface area contributed by atoms with Crippen LogP contribution in [0.25, 0.3) is 0 Å². The Morgan fingerprint density at radius 3 is 2.62 bits per heavy atom. The number of amides is 1. The van der Waals surface area contributed by atoms with Gasteiger partial charge in [0, 0.05) is 13.1 Å². The molecule has 6 nitrogen and oxygen atoms in total. The van der Waals surface area contributed by atoms with Gasteiger partial charge in [-0.2, -0.15) is 0 Å². The number of nitrogens with zero attached hydrogens (tertiary/aromatic N) is 3. The highest BCUT2D eigenvalue weighted by atomic mass is 16.1. The van der Waals surface area contributed by atoms with Gasteiger partial charge in [0.2, 0.25) is 0 Å². The molecule has 0 saturated carbocycles. The van der Waals surface area contributed by atoms with Crippen molar-refractivity contribution in [2.45, 2.75) is 26.7 Å². The number of hydrogen-bond acceptors (Lipinski definition) is 5. The SMILES string of the molecule is CCNC(=O)c1ccc(NCC2CCN(CC)CC2)nn1. The van der Waals surface area contributed by atoms with Crippen molar-refractivity contribution in [3.8, 4) is 0 Å². The Balaban J connectivity index is 1.77. The zero-order chi connectivity index (χ0) is 15.1. The normalized spacial score (nSPS) is 16.7. The fourth-order valence-electron chi connectivity index (χ4n) is 2.55. The van der Waals surface area contributed by atoms with Crippen LogP contribution < -0.4 is 10.6 Å². The zero-order valence-corrected chi connectivity index (χ0v) is 12.9. The largest absolute Gasteiger partial charge is 0.368 e. The van der Waals surface area contributed by atoms with Gasteiger partial charge >= 0.3 is 0 Å². The molecule has 1 saturated heterocycles. The van der Waals surface area contributed by atoms with Gasteiger partial charge < -0.3 is 15.5 Å². The van der Waals surface area contributed by atoms with Crippen LogP contribution in [0.1, 0.15) is 37.2 Å². The van der Waals surface area contributed by atoms with E-state index in [0.29, 0.717) is 18.2 Å². The molecule has 1 fully saturated rings. The van der Waals surface area contributed by atoms with Crippen LogP contribution >= 0.6 is 0 Å². The van der Waals surface area contributed by atoms with E-state index < -0.39 is 0 Å². The number of aromatic nitrogens is 2. The summed E-state index contributed by atoms with van der Waals surface area (Å²) in [6, 6.07) is 3.53. The Morgan fingerprint density at radius 1 is 1.29 bits per heavy atom. The number of piperidine rings is 1. The van der Waals surface area contributed by atoms with Crippen molar-refractivity contribution in [1.29, 1.82) is 0 Å². The molecular formula is C15H25N5O. The second kappa shape index (κ2) is 7.93. The predicted octanol–water partition coefficient (Wildman–Crippen LogP) is 1.37. The van der Waals surface area contributed by atoms with Crippen LogP contribution in [-0.2, 0) is 0 Å². The Kier molecular flexibility index (Phi) is 5.92. The van der Waals surface area contributed by atoms with E-state index in [9.17, 15) is 4.79 Å². The highest BCUT2D eigenvalue weighted by Crippen LogP contribution is 2.17. The van der Waals surface area contributed by atoms with Gasteiger partial charge in [0.1, 0.15) is 5.82 Å². The number of carbonyl (C=O) groups is 1. The molecule has 1 amide bonds. The third-order valence-electron chi connectivity index (χ3n) is 3.96. The van der Waals surface area contributed by atoms with Crippen LogP contribution in [-0.4, -0.2) is 53.7 Å². The lowest BCUT2D eigenvalue weighted by Gasteiger charge is -2.31. The van der Waals surface area contributed by atoms with Crippen molar-refractivity contribution in [2.75, 3.05) is 38.0 Å². The average Bonchev–Trinajstić information content (AvgIpc) is 2.54. The summed E-state index contributed by atoms with van der Waals surface area (Å²) in [6.45, 7) is 9.13. The molecule has 0 spiro atoms. The van der Waals surface area contributed by atoms with E-state index >= 15 is 0 Å². The molecule has 1 aromatic rings. The van der Waals surface area contributed by atoms with Crippen molar-refractivity contribution in [1.82, 2.24) is 20.4 Å². The van der Waals surface area contributed by atoms with Gasteiger partial charge in [0.05, 0.1) is 0 Å². The quantitative estimate of drug-likeness (QED) is 0.828. The summed E-state index contributed by atoms with van der Waals surface area (Å²) in [5.74, 6) is 1.25. The molecule has 2 rings (SSSR count). The number of hydrogen-bond donors (Lipinski definition) is 2. The molecule has 2 heterocycles. The summed E-state index contributed by atoms with van der Waals surface area (Å²) in [5, 5.41) is 14.0. The lowest BCUT2D eigenvalue weighted by molar-refractivity contribution is 0.0950. The predicted molar refractivity (Wildman–Crippen MR) is 83.4 cm³/mol. The first-order chi connectivity index (χ1) is 10.2. The molecule has 0 bridgehead atoms. The highest BCUT2D eigenvalue weighted by Gasteiger charge is 2.17. The van der Waals surface area contributed by atoms with Crippen LogP contribution in [0.2, 0.25) is 0 Å². The summed E-state index contributed by atoms with van der Waals surface area (Å²) in [5.41, 5.74) is 0.360. The third kappa shape index (κ3) is 4.67. The minimum atomic E-state index is -0.177. The lowest BCUT2D eigenvalue weighted by atomic mass is 9.97. The maximum Gasteiger partial charge on any atom is 0.271 e. The van der Waals surface area contributed by atoms with Crippen LogP contribution in [0.15, 0.2) is 12.1 Å². The Labute approximate surface area is 126 Å². The topological polar surface area (TPSA) is 70.2 Å². The molecule has 2 N–H and O–H groups in total. The van der Waals surface area contributed by atoms with Crippen molar-refractivity contribution in [3.63, 3.8) is 0 Å². The van der Waals surface area contributed by atoms with Gasteiger partial charge in [0.15, 0.2) is 5.69 Å². The smallest absolute Gasteiger partial charge is 0.271 e. The summed E-state index contributed by atoms with van der Waals surface area (Å²) in [7, 11) is 0. The van der Waals surface area contributed by atoms with E-state index in [1.165, 1.54) is 25.9 Å². The maximum atomic E-state index is 11.6. The van der Waals surface area contributed by atoms with Crippen molar-refractivity contribution in [2.24, 2.45) is 5.92 Å². The number of likely N-dealkylation sites (tertiary alicyclic amines) is 1. The van der Waals surface area contributed by atoms with Crippen LogP contribution in [0.5, 0.6) is 0 Å². The molecule has 0 aliphatic carbocycles. The van der Waals surface area contributed by atoms with Crippen molar-refractivity contribution >= 4 is 11.7 Å². The molecule has 1 aliphatic heterocycles. The van der Waals surface area contributed by atoms with Crippen LogP contribution in [0.3, 0.4) is 0 Å². The summed E-state index contributed by atoms with van der Waals surface area (Å²) < 4.78 is 0. The Morgan fingerprint density at radius 2 is 2.05 bits per heavy atom. The zero-order valence-electron chi connectivity index (χ0n) is 12.9. The first-order valence-corrected chi connectivity index (χ1v) is 7.81. The van der Waals surface area contributed by atoms with Crippen molar-refractivity contribution < 1.29 is 4.79 Å². The van der Waals surface area contributed by atoms with E-state index in [-0.39, 0.29) is 5.91 Å². The Hall–Kier alpha value is -1.69. The summed E-state index contributed by atoms with van der Waals surface area (Å²) in [6.07, 6.45) is 2.45. The van der Waals surface area contributed by atoms with E-state index in [2.05, 4.69) is 32.7 Å². The van der Waals surface area contributed by atoms with Crippen molar-refractivity contribution in [3.05, 3.63) is 17.8 Å². The van der Waals surface area contributed by atoms with E-state index in [0.717, 1.165) is 18.9 Å². The fraction of sp³-hybridized carbons (Fsp3) is 0.667. The van der Waals surface area contributed by atoms with Crippen LogP contribution in [0, 0.1) is 5.92 Å².